The second-order valence-corrected chi connectivity index (χ2v) is 6.33. The molecule has 0 aromatic heterocycles. The summed E-state index contributed by atoms with van der Waals surface area (Å²) in [6.07, 6.45) is 9.73. The molecule has 18 heavy (non-hydrogen) atoms. The van der Waals surface area contributed by atoms with Crippen LogP contribution in [-0.2, 0) is 0 Å². The molecule has 0 aromatic carbocycles. The lowest BCUT2D eigenvalue weighted by Crippen LogP contribution is -2.42. The van der Waals surface area contributed by atoms with Gasteiger partial charge in [-0.1, -0.05) is 12.8 Å². The summed E-state index contributed by atoms with van der Waals surface area (Å²) < 4.78 is 0. The van der Waals surface area contributed by atoms with Gasteiger partial charge in [0.2, 0.25) is 0 Å². The van der Waals surface area contributed by atoms with Crippen LogP contribution in [0.3, 0.4) is 0 Å². The van der Waals surface area contributed by atoms with E-state index >= 15 is 0 Å². The van der Waals surface area contributed by atoms with Gasteiger partial charge in [-0.15, -0.1) is 0 Å². The second-order valence-electron chi connectivity index (χ2n) is 6.33. The van der Waals surface area contributed by atoms with Crippen LogP contribution in [0.15, 0.2) is 0 Å². The second kappa shape index (κ2) is 7.46. The maximum atomic E-state index is 3.71. The molecule has 0 radical (unpaired) electrons. The summed E-state index contributed by atoms with van der Waals surface area (Å²) in [5.41, 5.74) is 0. The molecular formula is C15H31N3. The monoisotopic (exact) mass is 253 g/mol. The minimum atomic E-state index is 0.817. The Hall–Kier alpha value is -0.120. The van der Waals surface area contributed by atoms with Gasteiger partial charge in [-0.2, -0.15) is 0 Å². The van der Waals surface area contributed by atoms with E-state index in [2.05, 4.69) is 29.2 Å². The van der Waals surface area contributed by atoms with Gasteiger partial charge in [0.05, 0.1) is 0 Å². The first-order chi connectivity index (χ1) is 8.75. The molecule has 0 atom stereocenters. The van der Waals surface area contributed by atoms with Crippen molar-refractivity contribution < 1.29 is 0 Å². The zero-order valence-corrected chi connectivity index (χ0v) is 12.3. The number of piperidine rings is 1. The maximum Gasteiger partial charge on any atom is 0.0113 e. The molecule has 0 bridgehead atoms. The van der Waals surface area contributed by atoms with Crippen molar-refractivity contribution in [1.29, 1.82) is 0 Å². The standard InChI is InChI=1S/C15H31N3/c1-17(2)15-8-12-18(13-9-15)11-5-10-16-14-6-3-4-7-14/h14-16H,3-13H2,1-2H3. The molecule has 2 rings (SSSR count). The third-order valence-corrected chi connectivity index (χ3v) is 4.73. The zero-order chi connectivity index (χ0) is 12.8. The first-order valence-corrected chi connectivity index (χ1v) is 7.88. The summed E-state index contributed by atoms with van der Waals surface area (Å²) >= 11 is 0. The minimum Gasteiger partial charge on any atom is -0.314 e. The molecule has 106 valence electrons. The average Bonchev–Trinajstić information content (AvgIpc) is 2.88. The summed E-state index contributed by atoms with van der Waals surface area (Å²) in [5, 5.41) is 3.71. The molecule has 1 aliphatic carbocycles. The maximum absolute atomic E-state index is 3.71. The van der Waals surface area contributed by atoms with E-state index in [9.17, 15) is 0 Å². The van der Waals surface area contributed by atoms with E-state index < -0.39 is 0 Å². The van der Waals surface area contributed by atoms with Gasteiger partial charge in [0.15, 0.2) is 0 Å². The van der Waals surface area contributed by atoms with Crippen molar-refractivity contribution in [3.8, 4) is 0 Å². The zero-order valence-electron chi connectivity index (χ0n) is 12.3. The number of nitrogens with one attached hydrogen (secondary N) is 1. The third kappa shape index (κ3) is 4.52. The van der Waals surface area contributed by atoms with E-state index in [1.807, 2.05) is 0 Å². The van der Waals surface area contributed by atoms with Crippen LogP contribution in [0.4, 0.5) is 0 Å². The van der Waals surface area contributed by atoms with Crippen molar-refractivity contribution in [2.24, 2.45) is 0 Å². The molecule has 1 aliphatic heterocycles. The lowest BCUT2D eigenvalue weighted by Gasteiger charge is -2.35. The Kier molecular flexibility index (Phi) is 5.93. The van der Waals surface area contributed by atoms with E-state index in [1.165, 1.54) is 71.1 Å². The molecule has 0 amide bonds. The van der Waals surface area contributed by atoms with Crippen LogP contribution < -0.4 is 5.32 Å². The smallest absolute Gasteiger partial charge is 0.0113 e. The Morgan fingerprint density at radius 3 is 2.33 bits per heavy atom. The van der Waals surface area contributed by atoms with E-state index in [1.54, 1.807) is 0 Å². The van der Waals surface area contributed by atoms with Crippen molar-refractivity contribution in [2.45, 2.75) is 57.0 Å². The normalized spacial score (nSPS) is 24.2. The van der Waals surface area contributed by atoms with Crippen LogP contribution in [0.25, 0.3) is 0 Å². The van der Waals surface area contributed by atoms with Gasteiger partial charge in [0.25, 0.3) is 0 Å². The highest BCUT2D eigenvalue weighted by Gasteiger charge is 2.20. The van der Waals surface area contributed by atoms with Gasteiger partial charge >= 0.3 is 0 Å². The summed E-state index contributed by atoms with van der Waals surface area (Å²) in [5.74, 6) is 0. The summed E-state index contributed by atoms with van der Waals surface area (Å²) in [6.45, 7) is 5.11. The van der Waals surface area contributed by atoms with Crippen molar-refractivity contribution >= 4 is 0 Å². The first-order valence-electron chi connectivity index (χ1n) is 7.88. The van der Waals surface area contributed by atoms with E-state index in [-0.39, 0.29) is 0 Å². The van der Waals surface area contributed by atoms with Gasteiger partial charge in [-0.25, -0.2) is 0 Å². The number of likely N-dealkylation sites (tertiary alicyclic amines) is 1. The number of rotatable bonds is 6. The van der Waals surface area contributed by atoms with Gasteiger partial charge in [-0.3, -0.25) is 0 Å². The molecule has 0 spiro atoms. The predicted octanol–water partition coefficient (Wildman–Crippen LogP) is 1.93. The number of hydrogen-bond acceptors (Lipinski definition) is 3. The van der Waals surface area contributed by atoms with Gasteiger partial charge in [-0.05, 0) is 72.4 Å². The van der Waals surface area contributed by atoms with Crippen LogP contribution in [-0.4, -0.2) is 62.2 Å². The summed E-state index contributed by atoms with van der Waals surface area (Å²) in [7, 11) is 4.43. The highest BCUT2D eigenvalue weighted by atomic mass is 15.2. The minimum absolute atomic E-state index is 0.817. The molecule has 1 heterocycles. The van der Waals surface area contributed by atoms with Crippen molar-refractivity contribution in [2.75, 3.05) is 40.3 Å². The molecule has 2 aliphatic rings. The van der Waals surface area contributed by atoms with Crippen molar-refractivity contribution in [1.82, 2.24) is 15.1 Å². The Labute approximate surface area is 113 Å². The average molecular weight is 253 g/mol. The fourth-order valence-electron chi connectivity index (χ4n) is 3.40. The number of hydrogen-bond donors (Lipinski definition) is 1. The van der Waals surface area contributed by atoms with Crippen molar-refractivity contribution in [3.05, 3.63) is 0 Å². The first kappa shape index (κ1) is 14.3. The molecular weight excluding hydrogens is 222 g/mol. The fraction of sp³-hybridized carbons (Fsp3) is 1.00. The molecule has 3 heteroatoms. The van der Waals surface area contributed by atoms with Gasteiger partial charge < -0.3 is 15.1 Å². The fourth-order valence-corrected chi connectivity index (χ4v) is 3.40. The lowest BCUT2D eigenvalue weighted by atomic mass is 10.0. The molecule has 0 unspecified atom stereocenters. The topological polar surface area (TPSA) is 18.5 Å². The Balaban J connectivity index is 1.50. The van der Waals surface area contributed by atoms with E-state index in [0.29, 0.717) is 0 Å². The Morgan fingerprint density at radius 1 is 1.06 bits per heavy atom. The largest absolute Gasteiger partial charge is 0.314 e. The van der Waals surface area contributed by atoms with Crippen LogP contribution in [0.5, 0.6) is 0 Å². The third-order valence-electron chi connectivity index (χ3n) is 4.73. The highest BCUT2D eigenvalue weighted by molar-refractivity contribution is 4.77. The molecule has 1 saturated carbocycles. The summed E-state index contributed by atoms with van der Waals surface area (Å²) in [6, 6.07) is 1.65. The van der Waals surface area contributed by atoms with Crippen molar-refractivity contribution in [3.63, 3.8) is 0 Å². The van der Waals surface area contributed by atoms with Crippen LogP contribution in [0.2, 0.25) is 0 Å². The Morgan fingerprint density at radius 2 is 1.72 bits per heavy atom. The SMILES string of the molecule is CN(C)C1CCN(CCCNC2CCCC2)CC1. The van der Waals surface area contributed by atoms with Gasteiger partial charge in [0, 0.05) is 12.1 Å². The molecule has 1 N–H and O–H groups in total. The van der Waals surface area contributed by atoms with Gasteiger partial charge in [0.1, 0.15) is 0 Å². The lowest BCUT2D eigenvalue weighted by molar-refractivity contribution is 0.143. The molecule has 3 nitrogen and oxygen atoms in total. The van der Waals surface area contributed by atoms with Crippen LogP contribution in [0, 0.1) is 0 Å². The van der Waals surface area contributed by atoms with E-state index in [0.717, 1.165) is 12.1 Å². The summed E-state index contributed by atoms with van der Waals surface area (Å²) in [4.78, 5) is 5.04. The number of nitrogens with zero attached hydrogens (tertiary/aromatic N) is 2. The predicted molar refractivity (Wildman–Crippen MR) is 78.0 cm³/mol. The quantitative estimate of drug-likeness (QED) is 0.730. The molecule has 1 saturated heterocycles. The highest BCUT2D eigenvalue weighted by Crippen LogP contribution is 2.17. The Bertz CT molecular complexity index is 216. The van der Waals surface area contributed by atoms with Crippen LogP contribution in [0.1, 0.15) is 44.9 Å². The van der Waals surface area contributed by atoms with E-state index in [4.69, 9.17) is 0 Å². The van der Waals surface area contributed by atoms with Crippen LogP contribution >= 0.6 is 0 Å². The molecule has 2 fully saturated rings. The molecule has 0 aromatic rings.